The van der Waals surface area contributed by atoms with Gasteiger partial charge in [-0.05, 0) is 18.6 Å². The third-order valence-electron chi connectivity index (χ3n) is 2.29. The summed E-state index contributed by atoms with van der Waals surface area (Å²) in [6.45, 7) is -0.145. The average molecular weight is 304 g/mol. The molecule has 1 aromatic carbocycles. The summed E-state index contributed by atoms with van der Waals surface area (Å²) < 4.78 is 52.1. The highest BCUT2D eigenvalue weighted by atomic mass is 32.2. The molecule has 0 amide bonds. The summed E-state index contributed by atoms with van der Waals surface area (Å²) in [6.07, 6.45) is 0.285. The van der Waals surface area contributed by atoms with Gasteiger partial charge in [-0.25, -0.2) is 26.7 Å². The van der Waals surface area contributed by atoms with Gasteiger partial charge in [0, 0.05) is 13.0 Å². The lowest BCUT2D eigenvalue weighted by Crippen LogP contribution is -2.26. The minimum absolute atomic E-state index is 0.0918. The summed E-state index contributed by atoms with van der Waals surface area (Å²) in [6, 6.07) is 2.72. The summed E-state index contributed by atoms with van der Waals surface area (Å²) in [7, 11) is -4.39. The van der Waals surface area contributed by atoms with Crippen molar-refractivity contribution in [3.63, 3.8) is 0 Å². The maximum absolute atomic E-state index is 13.5. The molecule has 0 aromatic heterocycles. The van der Waals surface area contributed by atoms with Crippen LogP contribution < -0.4 is 4.72 Å². The van der Waals surface area contributed by atoms with E-state index in [1.165, 1.54) is 0 Å². The largest absolute Gasteiger partial charge is 0.478 e. The summed E-state index contributed by atoms with van der Waals surface area (Å²) in [4.78, 5) is 9.63. The van der Waals surface area contributed by atoms with Gasteiger partial charge in [0.25, 0.3) is 0 Å². The maximum atomic E-state index is 13.5. The first kappa shape index (κ1) is 16.0. The van der Waals surface area contributed by atoms with Crippen molar-refractivity contribution in [3.8, 4) is 6.07 Å². The van der Waals surface area contributed by atoms with Crippen molar-refractivity contribution in [2.24, 2.45) is 0 Å². The minimum atomic E-state index is -4.39. The predicted octanol–water partition coefficient (Wildman–Crippen LogP) is 1.25. The molecule has 0 aliphatic rings. The number of unbranched alkanes of at least 4 members (excludes halogenated alkanes) is 1. The van der Waals surface area contributed by atoms with Crippen LogP contribution in [0.3, 0.4) is 0 Å². The lowest BCUT2D eigenvalue weighted by atomic mass is 10.2. The SMILES string of the molecule is N#CCCCNS(=O)(=O)c1cc(C(=O)O)cc(F)c1F. The Labute approximate surface area is 113 Å². The Balaban J connectivity index is 3.11. The molecular weight excluding hydrogens is 294 g/mol. The molecule has 0 spiro atoms. The molecule has 6 nitrogen and oxygen atoms in total. The Bertz CT molecular complexity index is 668. The van der Waals surface area contributed by atoms with Crippen molar-refractivity contribution >= 4 is 16.0 Å². The highest BCUT2D eigenvalue weighted by Crippen LogP contribution is 2.20. The van der Waals surface area contributed by atoms with E-state index in [-0.39, 0.29) is 19.4 Å². The van der Waals surface area contributed by atoms with Gasteiger partial charge in [0.15, 0.2) is 11.6 Å². The van der Waals surface area contributed by atoms with Crippen LogP contribution >= 0.6 is 0 Å². The Morgan fingerprint density at radius 2 is 2.05 bits per heavy atom. The van der Waals surface area contributed by atoms with Crippen molar-refractivity contribution in [2.75, 3.05) is 6.54 Å². The number of hydrogen-bond acceptors (Lipinski definition) is 4. The van der Waals surface area contributed by atoms with E-state index in [4.69, 9.17) is 10.4 Å². The molecule has 0 unspecified atom stereocenters. The van der Waals surface area contributed by atoms with Crippen molar-refractivity contribution < 1.29 is 27.1 Å². The molecule has 1 aromatic rings. The number of nitrogens with zero attached hydrogens (tertiary/aromatic N) is 1. The van der Waals surface area contributed by atoms with Crippen LogP contribution in [0, 0.1) is 23.0 Å². The first-order valence-electron chi connectivity index (χ1n) is 5.38. The zero-order valence-corrected chi connectivity index (χ0v) is 10.9. The fourth-order valence-corrected chi connectivity index (χ4v) is 2.52. The summed E-state index contributed by atoms with van der Waals surface area (Å²) in [5, 5.41) is 17.0. The van der Waals surface area contributed by atoms with E-state index in [2.05, 4.69) is 0 Å². The van der Waals surface area contributed by atoms with Gasteiger partial charge in [-0.1, -0.05) is 0 Å². The molecule has 0 bridgehead atoms. The third kappa shape index (κ3) is 3.72. The van der Waals surface area contributed by atoms with E-state index < -0.39 is 38.1 Å². The molecular formula is C11H10F2N2O4S. The van der Waals surface area contributed by atoms with E-state index in [1.54, 1.807) is 6.07 Å². The van der Waals surface area contributed by atoms with Crippen molar-refractivity contribution in [3.05, 3.63) is 29.3 Å². The number of carboxylic acid groups (broad SMARTS) is 1. The number of aromatic carboxylic acids is 1. The lowest BCUT2D eigenvalue weighted by molar-refractivity contribution is 0.0696. The number of nitriles is 1. The molecule has 0 aliphatic heterocycles. The Kier molecular flexibility index (Phi) is 5.12. The number of nitrogens with one attached hydrogen (secondary N) is 1. The first-order chi connectivity index (χ1) is 9.29. The van der Waals surface area contributed by atoms with Crippen LogP contribution in [-0.4, -0.2) is 26.0 Å². The standard InChI is InChI=1S/C11H10F2N2O4S/c12-8-5-7(11(16)17)6-9(10(8)13)20(18,19)15-4-2-1-3-14/h5-6,15H,1-2,4H2,(H,16,17). The molecule has 2 N–H and O–H groups in total. The first-order valence-corrected chi connectivity index (χ1v) is 6.87. The van der Waals surface area contributed by atoms with Gasteiger partial charge < -0.3 is 5.11 Å². The van der Waals surface area contributed by atoms with Crippen LogP contribution in [-0.2, 0) is 10.0 Å². The zero-order valence-electron chi connectivity index (χ0n) is 10.1. The van der Waals surface area contributed by atoms with Crippen molar-refractivity contribution in [1.29, 1.82) is 5.26 Å². The van der Waals surface area contributed by atoms with Gasteiger partial charge in [-0.2, -0.15) is 5.26 Å². The van der Waals surface area contributed by atoms with Gasteiger partial charge in [-0.3, -0.25) is 0 Å². The van der Waals surface area contributed by atoms with E-state index in [9.17, 15) is 22.0 Å². The second-order valence-corrected chi connectivity index (χ2v) is 5.47. The van der Waals surface area contributed by atoms with E-state index in [0.29, 0.717) is 12.1 Å². The number of carbonyl (C=O) groups is 1. The molecule has 0 atom stereocenters. The quantitative estimate of drug-likeness (QED) is 0.769. The molecule has 20 heavy (non-hydrogen) atoms. The molecule has 0 saturated carbocycles. The fraction of sp³-hybridized carbons (Fsp3) is 0.273. The van der Waals surface area contributed by atoms with Crippen LogP contribution in [0.25, 0.3) is 0 Å². The monoisotopic (exact) mass is 304 g/mol. The van der Waals surface area contributed by atoms with E-state index in [0.717, 1.165) is 0 Å². The maximum Gasteiger partial charge on any atom is 0.335 e. The Hall–Kier alpha value is -2.05. The second kappa shape index (κ2) is 6.40. The van der Waals surface area contributed by atoms with Gasteiger partial charge in [0.1, 0.15) is 4.90 Å². The van der Waals surface area contributed by atoms with Crippen LogP contribution in [0.4, 0.5) is 8.78 Å². The molecule has 0 radical (unpaired) electrons. The third-order valence-corrected chi connectivity index (χ3v) is 3.75. The summed E-state index contributed by atoms with van der Waals surface area (Å²) in [5.74, 6) is -4.80. The molecule has 9 heteroatoms. The molecule has 1 rings (SSSR count). The number of sulfonamides is 1. The smallest absolute Gasteiger partial charge is 0.335 e. The van der Waals surface area contributed by atoms with Crippen LogP contribution in [0.5, 0.6) is 0 Å². The Morgan fingerprint density at radius 3 is 2.60 bits per heavy atom. The number of halogens is 2. The minimum Gasteiger partial charge on any atom is -0.478 e. The topological polar surface area (TPSA) is 107 Å². The summed E-state index contributed by atoms with van der Waals surface area (Å²) in [5.41, 5.74) is -0.679. The van der Waals surface area contributed by atoms with Gasteiger partial charge in [-0.15, -0.1) is 0 Å². The van der Waals surface area contributed by atoms with Crippen LogP contribution in [0.15, 0.2) is 17.0 Å². The number of rotatable bonds is 6. The zero-order chi connectivity index (χ0) is 15.3. The van der Waals surface area contributed by atoms with Crippen LogP contribution in [0.2, 0.25) is 0 Å². The summed E-state index contributed by atoms with van der Waals surface area (Å²) >= 11 is 0. The van der Waals surface area contributed by atoms with E-state index in [1.807, 2.05) is 4.72 Å². The lowest BCUT2D eigenvalue weighted by Gasteiger charge is -2.08. The van der Waals surface area contributed by atoms with Crippen molar-refractivity contribution in [1.82, 2.24) is 4.72 Å². The van der Waals surface area contributed by atoms with E-state index >= 15 is 0 Å². The number of carboxylic acids is 1. The molecule has 0 aliphatic carbocycles. The second-order valence-electron chi connectivity index (χ2n) is 3.73. The van der Waals surface area contributed by atoms with Gasteiger partial charge >= 0.3 is 5.97 Å². The highest BCUT2D eigenvalue weighted by Gasteiger charge is 2.24. The molecule has 0 saturated heterocycles. The normalized spacial score (nSPS) is 11.1. The highest BCUT2D eigenvalue weighted by molar-refractivity contribution is 7.89. The van der Waals surface area contributed by atoms with Crippen LogP contribution in [0.1, 0.15) is 23.2 Å². The predicted molar refractivity (Wildman–Crippen MR) is 63.4 cm³/mol. The van der Waals surface area contributed by atoms with Gasteiger partial charge in [0.2, 0.25) is 10.0 Å². The molecule has 0 heterocycles. The van der Waals surface area contributed by atoms with Gasteiger partial charge in [0.05, 0.1) is 11.6 Å². The number of hydrogen-bond donors (Lipinski definition) is 2. The average Bonchev–Trinajstić information content (AvgIpc) is 2.37. The van der Waals surface area contributed by atoms with Crippen molar-refractivity contribution in [2.45, 2.75) is 17.7 Å². The Morgan fingerprint density at radius 1 is 1.40 bits per heavy atom. The molecule has 0 fully saturated rings. The molecule has 108 valence electrons. The fourth-order valence-electron chi connectivity index (χ4n) is 1.33. The number of benzene rings is 1.